The SMILES string of the molecule is Cn1c(=O)c2c(ncn2C[NH+]2C[C@H]3C[C@@H](C2)c2cccc(=O)n2C3)n(C)c1=O. The third-order valence-corrected chi connectivity index (χ3v) is 6.28. The first-order valence-corrected chi connectivity index (χ1v) is 9.58. The van der Waals surface area contributed by atoms with Crippen LogP contribution in [0.25, 0.3) is 11.2 Å². The molecule has 1 saturated heterocycles. The Hall–Kier alpha value is -2.94. The zero-order valence-corrected chi connectivity index (χ0v) is 16.0. The lowest BCUT2D eigenvalue weighted by molar-refractivity contribution is -0.933. The average molecular weight is 383 g/mol. The number of fused-ring (bicyclic) bond motifs is 5. The lowest BCUT2D eigenvalue weighted by Gasteiger charge is -2.40. The van der Waals surface area contributed by atoms with Crippen LogP contribution in [0.15, 0.2) is 38.9 Å². The summed E-state index contributed by atoms with van der Waals surface area (Å²) < 4.78 is 6.33. The van der Waals surface area contributed by atoms with E-state index in [-0.39, 0.29) is 16.8 Å². The van der Waals surface area contributed by atoms with Gasteiger partial charge in [-0.3, -0.25) is 23.3 Å². The third-order valence-electron chi connectivity index (χ3n) is 6.28. The Kier molecular flexibility index (Phi) is 3.70. The molecule has 3 aromatic heterocycles. The molecule has 3 atom stereocenters. The predicted octanol–water partition coefficient (Wildman–Crippen LogP) is -1.74. The highest BCUT2D eigenvalue weighted by atomic mass is 16.2. The number of pyridine rings is 1. The molecule has 0 saturated carbocycles. The van der Waals surface area contributed by atoms with Gasteiger partial charge < -0.3 is 9.47 Å². The van der Waals surface area contributed by atoms with Crippen LogP contribution in [0.1, 0.15) is 18.0 Å². The molecule has 5 rings (SSSR count). The molecule has 0 aromatic carbocycles. The van der Waals surface area contributed by atoms with Gasteiger partial charge in [0.25, 0.3) is 11.1 Å². The van der Waals surface area contributed by atoms with Crippen molar-refractivity contribution in [1.29, 1.82) is 0 Å². The maximum absolute atomic E-state index is 12.7. The van der Waals surface area contributed by atoms with Gasteiger partial charge in [-0.05, 0) is 12.5 Å². The van der Waals surface area contributed by atoms with Gasteiger partial charge in [-0.2, -0.15) is 0 Å². The molecule has 9 heteroatoms. The first kappa shape index (κ1) is 17.2. The van der Waals surface area contributed by atoms with Gasteiger partial charge in [0, 0.05) is 44.2 Å². The summed E-state index contributed by atoms with van der Waals surface area (Å²) in [5.41, 5.74) is 1.40. The van der Waals surface area contributed by atoms with Crippen molar-refractivity contribution in [3.63, 3.8) is 0 Å². The van der Waals surface area contributed by atoms with Crippen LogP contribution in [0.2, 0.25) is 0 Å². The molecule has 3 aromatic rings. The number of quaternary nitrogens is 1. The van der Waals surface area contributed by atoms with Gasteiger partial charge >= 0.3 is 5.69 Å². The Morgan fingerprint density at radius 1 is 1.14 bits per heavy atom. The zero-order chi connectivity index (χ0) is 19.6. The molecule has 5 heterocycles. The summed E-state index contributed by atoms with van der Waals surface area (Å²) in [4.78, 5) is 42.7. The fourth-order valence-corrected chi connectivity index (χ4v) is 5.01. The number of hydrogen-bond acceptors (Lipinski definition) is 4. The van der Waals surface area contributed by atoms with E-state index in [9.17, 15) is 14.4 Å². The van der Waals surface area contributed by atoms with Crippen LogP contribution in [0.4, 0.5) is 0 Å². The Labute approximate surface area is 160 Å². The topological polar surface area (TPSA) is 88.3 Å². The molecule has 0 amide bonds. The molecule has 146 valence electrons. The standard InChI is InChI=1S/C19H22N6O3/c1-21-17-16(18(27)22(2)19(21)28)24(10-20-17)11-23-7-12-6-13(9-23)14-4-3-5-15(26)25(14)8-12/h3-5,10,12-13H,6-9,11H2,1-2H3/p+1/t12-,13+/m1/s1. The fourth-order valence-electron chi connectivity index (χ4n) is 5.01. The number of aromatic nitrogens is 5. The quantitative estimate of drug-likeness (QED) is 0.569. The minimum atomic E-state index is -0.371. The van der Waals surface area contributed by atoms with Gasteiger partial charge in [-0.1, -0.05) is 6.07 Å². The summed E-state index contributed by atoms with van der Waals surface area (Å²) in [5.74, 6) is 0.793. The van der Waals surface area contributed by atoms with Crippen LogP contribution >= 0.6 is 0 Å². The number of aryl methyl sites for hydroxylation is 1. The van der Waals surface area contributed by atoms with Crippen LogP contribution in [-0.2, 0) is 27.3 Å². The van der Waals surface area contributed by atoms with E-state index < -0.39 is 0 Å². The predicted molar refractivity (Wildman–Crippen MR) is 102 cm³/mol. The molecule has 1 N–H and O–H groups in total. The van der Waals surface area contributed by atoms with E-state index in [4.69, 9.17) is 0 Å². The first-order valence-electron chi connectivity index (χ1n) is 9.58. The van der Waals surface area contributed by atoms with Crippen LogP contribution in [0.5, 0.6) is 0 Å². The summed E-state index contributed by atoms with van der Waals surface area (Å²) in [7, 11) is 3.13. The van der Waals surface area contributed by atoms with Crippen molar-refractivity contribution in [2.24, 2.45) is 20.0 Å². The normalized spacial score (nSPS) is 23.7. The van der Waals surface area contributed by atoms with Crippen molar-refractivity contribution < 1.29 is 4.90 Å². The lowest BCUT2D eigenvalue weighted by atomic mass is 9.83. The molecule has 0 spiro atoms. The molecular weight excluding hydrogens is 360 g/mol. The highest BCUT2D eigenvalue weighted by Gasteiger charge is 2.37. The highest BCUT2D eigenvalue weighted by Crippen LogP contribution is 2.30. The number of piperidine rings is 1. The third kappa shape index (κ3) is 2.42. The van der Waals surface area contributed by atoms with Crippen LogP contribution < -0.4 is 21.7 Å². The van der Waals surface area contributed by atoms with Crippen molar-refractivity contribution in [3.8, 4) is 0 Å². The number of rotatable bonds is 2. The molecule has 2 aliphatic rings. The Morgan fingerprint density at radius 3 is 2.79 bits per heavy atom. The number of imidazole rings is 1. The Balaban J connectivity index is 1.50. The van der Waals surface area contributed by atoms with Gasteiger partial charge in [0.2, 0.25) is 0 Å². The molecule has 2 aliphatic heterocycles. The second-order valence-electron chi connectivity index (χ2n) is 8.11. The summed E-state index contributed by atoms with van der Waals surface area (Å²) in [6.07, 6.45) is 2.76. The van der Waals surface area contributed by atoms with Crippen molar-refractivity contribution >= 4 is 11.2 Å². The Morgan fingerprint density at radius 2 is 1.96 bits per heavy atom. The molecule has 1 fully saturated rings. The summed E-state index contributed by atoms with van der Waals surface area (Å²) in [5, 5.41) is 0. The van der Waals surface area contributed by atoms with E-state index in [2.05, 4.69) is 11.1 Å². The van der Waals surface area contributed by atoms with E-state index in [0.717, 1.165) is 36.3 Å². The van der Waals surface area contributed by atoms with Crippen molar-refractivity contribution in [3.05, 3.63) is 61.4 Å². The van der Waals surface area contributed by atoms with Crippen LogP contribution in [-0.4, -0.2) is 36.3 Å². The van der Waals surface area contributed by atoms with E-state index in [1.54, 1.807) is 19.4 Å². The minimum absolute atomic E-state index is 0.0840. The van der Waals surface area contributed by atoms with Crippen molar-refractivity contribution in [2.45, 2.75) is 25.6 Å². The summed E-state index contributed by atoms with van der Waals surface area (Å²) in [6, 6.07) is 5.53. The molecule has 0 radical (unpaired) electrons. The second kappa shape index (κ2) is 6.03. The second-order valence-corrected chi connectivity index (χ2v) is 8.11. The average Bonchev–Trinajstić information content (AvgIpc) is 3.09. The van der Waals surface area contributed by atoms with Crippen LogP contribution in [0.3, 0.4) is 0 Å². The smallest absolute Gasteiger partial charge is 0.317 e. The molecular formula is C19H23N6O3+. The van der Waals surface area contributed by atoms with Gasteiger partial charge in [0.1, 0.15) is 6.33 Å². The summed E-state index contributed by atoms with van der Waals surface area (Å²) in [6.45, 7) is 3.23. The highest BCUT2D eigenvalue weighted by molar-refractivity contribution is 5.69. The molecule has 0 aliphatic carbocycles. The maximum Gasteiger partial charge on any atom is 0.332 e. The molecule has 28 heavy (non-hydrogen) atoms. The Bertz CT molecular complexity index is 1260. The van der Waals surface area contributed by atoms with Crippen LogP contribution in [0, 0.1) is 5.92 Å². The van der Waals surface area contributed by atoms with Gasteiger partial charge in [-0.15, -0.1) is 0 Å². The zero-order valence-electron chi connectivity index (χ0n) is 16.0. The van der Waals surface area contributed by atoms with Crippen molar-refractivity contribution in [1.82, 2.24) is 23.3 Å². The van der Waals surface area contributed by atoms with E-state index in [1.165, 1.54) is 16.5 Å². The largest absolute Gasteiger partial charge is 0.332 e. The van der Waals surface area contributed by atoms with Crippen molar-refractivity contribution in [2.75, 3.05) is 13.1 Å². The van der Waals surface area contributed by atoms with Gasteiger partial charge in [0.05, 0.1) is 13.1 Å². The molecule has 2 bridgehead atoms. The van der Waals surface area contributed by atoms with E-state index in [1.807, 2.05) is 15.2 Å². The molecule has 1 unspecified atom stereocenters. The maximum atomic E-state index is 12.7. The minimum Gasteiger partial charge on any atom is -0.317 e. The molecule has 9 nitrogen and oxygen atoms in total. The lowest BCUT2D eigenvalue weighted by Crippen LogP contribution is -3.13. The van der Waals surface area contributed by atoms with E-state index in [0.29, 0.717) is 29.7 Å². The summed E-state index contributed by atoms with van der Waals surface area (Å²) >= 11 is 0. The number of nitrogens with zero attached hydrogens (tertiary/aromatic N) is 5. The van der Waals surface area contributed by atoms with E-state index >= 15 is 0 Å². The first-order chi connectivity index (χ1) is 13.4. The number of nitrogens with one attached hydrogen (secondary N) is 1. The van der Waals surface area contributed by atoms with Gasteiger partial charge in [-0.25, -0.2) is 9.78 Å². The monoisotopic (exact) mass is 383 g/mol. The van der Waals surface area contributed by atoms with Gasteiger partial charge in [0.15, 0.2) is 17.8 Å². The number of likely N-dealkylation sites (tertiary alicyclic amines) is 1. The number of hydrogen-bond donors (Lipinski definition) is 1. The fraction of sp³-hybridized carbons (Fsp3) is 0.474.